The van der Waals surface area contributed by atoms with Crippen molar-refractivity contribution in [1.82, 2.24) is 0 Å². The summed E-state index contributed by atoms with van der Waals surface area (Å²) in [7, 11) is 0. The molecule has 0 aliphatic heterocycles. The molecule has 0 aliphatic carbocycles. The van der Waals surface area contributed by atoms with Gasteiger partial charge in [0.25, 0.3) is 0 Å². The van der Waals surface area contributed by atoms with Crippen molar-refractivity contribution in [2.75, 3.05) is 6.61 Å². The van der Waals surface area contributed by atoms with Gasteiger partial charge < -0.3 is 4.74 Å². The molecular formula is C13H18O2. The number of ether oxygens (including phenoxy) is 1. The predicted octanol–water partition coefficient (Wildman–Crippen LogP) is 3.05. The summed E-state index contributed by atoms with van der Waals surface area (Å²) < 4.78 is 4.93. The SMILES string of the molecule is CCOC(=O)C[C@@H](C)c1cccc(C)c1. The van der Waals surface area contributed by atoms with Crippen molar-refractivity contribution in [2.24, 2.45) is 0 Å². The monoisotopic (exact) mass is 206 g/mol. The van der Waals surface area contributed by atoms with Gasteiger partial charge in [-0.1, -0.05) is 36.8 Å². The van der Waals surface area contributed by atoms with Gasteiger partial charge in [-0.2, -0.15) is 0 Å². The van der Waals surface area contributed by atoms with E-state index in [2.05, 4.69) is 25.1 Å². The number of rotatable bonds is 4. The van der Waals surface area contributed by atoms with Crippen LogP contribution in [0.3, 0.4) is 0 Å². The fourth-order valence-corrected chi connectivity index (χ4v) is 1.56. The molecule has 15 heavy (non-hydrogen) atoms. The molecule has 82 valence electrons. The third kappa shape index (κ3) is 3.74. The van der Waals surface area contributed by atoms with E-state index in [4.69, 9.17) is 4.74 Å². The summed E-state index contributed by atoms with van der Waals surface area (Å²) in [5, 5.41) is 0. The van der Waals surface area contributed by atoms with Crippen molar-refractivity contribution in [2.45, 2.75) is 33.1 Å². The zero-order valence-corrected chi connectivity index (χ0v) is 9.62. The minimum absolute atomic E-state index is 0.119. The third-order valence-electron chi connectivity index (χ3n) is 2.39. The van der Waals surface area contributed by atoms with E-state index in [1.54, 1.807) is 0 Å². The topological polar surface area (TPSA) is 26.3 Å². The molecule has 2 heteroatoms. The lowest BCUT2D eigenvalue weighted by Crippen LogP contribution is -2.08. The minimum Gasteiger partial charge on any atom is -0.466 e. The smallest absolute Gasteiger partial charge is 0.306 e. The molecule has 0 spiro atoms. The maximum absolute atomic E-state index is 11.3. The molecule has 0 unspecified atom stereocenters. The van der Waals surface area contributed by atoms with Crippen molar-refractivity contribution in [3.8, 4) is 0 Å². The number of hydrogen-bond acceptors (Lipinski definition) is 2. The van der Waals surface area contributed by atoms with E-state index in [1.165, 1.54) is 11.1 Å². The van der Waals surface area contributed by atoms with Crippen LogP contribution in [0.2, 0.25) is 0 Å². The van der Waals surface area contributed by atoms with Gasteiger partial charge in [-0.25, -0.2) is 0 Å². The van der Waals surface area contributed by atoms with Crippen molar-refractivity contribution in [3.63, 3.8) is 0 Å². The first-order valence-corrected chi connectivity index (χ1v) is 5.35. The van der Waals surface area contributed by atoms with Gasteiger partial charge in [0.05, 0.1) is 13.0 Å². The van der Waals surface area contributed by atoms with Gasteiger partial charge in [-0.15, -0.1) is 0 Å². The van der Waals surface area contributed by atoms with Gasteiger partial charge in [0.1, 0.15) is 0 Å². The second-order valence-corrected chi connectivity index (χ2v) is 3.82. The van der Waals surface area contributed by atoms with Crippen LogP contribution in [0.25, 0.3) is 0 Å². The summed E-state index contributed by atoms with van der Waals surface area (Å²) in [4.78, 5) is 11.3. The highest BCUT2D eigenvalue weighted by Crippen LogP contribution is 2.20. The van der Waals surface area contributed by atoms with E-state index in [1.807, 2.05) is 19.9 Å². The second kappa shape index (κ2) is 5.54. The molecule has 0 heterocycles. The highest BCUT2D eigenvalue weighted by atomic mass is 16.5. The zero-order valence-electron chi connectivity index (χ0n) is 9.62. The van der Waals surface area contributed by atoms with Gasteiger partial charge in [-0.3, -0.25) is 4.79 Å². The largest absolute Gasteiger partial charge is 0.466 e. The van der Waals surface area contributed by atoms with Crippen LogP contribution in [0, 0.1) is 6.92 Å². The van der Waals surface area contributed by atoms with E-state index in [9.17, 15) is 4.79 Å². The standard InChI is InChI=1S/C13H18O2/c1-4-15-13(14)9-11(3)12-7-5-6-10(2)8-12/h5-8,11H,4,9H2,1-3H3/t11-/m1/s1. The molecule has 0 amide bonds. The quantitative estimate of drug-likeness (QED) is 0.708. The lowest BCUT2D eigenvalue weighted by molar-refractivity contribution is -0.143. The molecule has 0 aliphatic rings. The van der Waals surface area contributed by atoms with Crippen LogP contribution in [0.15, 0.2) is 24.3 Å². The van der Waals surface area contributed by atoms with E-state index < -0.39 is 0 Å². The Labute approximate surface area is 91.3 Å². The number of carbonyl (C=O) groups is 1. The Kier molecular flexibility index (Phi) is 4.35. The van der Waals surface area contributed by atoms with Crippen LogP contribution in [0.5, 0.6) is 0 Å². The van der Waals surface area contributed by atoms with Crippen molar-refractivity contribution in [1.29, 1.82) is 0 Å². The van der Waals surface area contributed by atoms with Gasteiger partial charge in [0.2, 0.25) is 0 Å². The lowest BCUT2D eigenvalue weighted by atomic mass is 9.96. The van der Waals surface area contributed by atoms with Gasteiger partial charge >= 0.3 is 5.97 Å². The Hall–Kier alpha value is -1.31. The molecule has 0 radical (unpaired) electrons. The Morgan fingerprint density at radius 3 is 2.80 bits per heavy atom. The lowest BCUT2D eigenvalue weighted by Gasteiger charge is -2.11. The summed E-state index contributed by atoms with van der Waals surface area (Å²) in [5.41, 5.74) is 2.42. The molecule has 0 N–H and O–H groups in total. The average Bonchev–Trinajstić information content (AvgIpc) is 2.18. The van der Waals surface area contributed by atoms with Crippen LogP contribution >= 0.6 is 0 Å². The molecule has 1 aromatic rings. The minimum atomic E-state index is -0.119. The van der Waals surface area contributed by atoms with E-state index in [0.717, 1.165) is 0 Å². The first-order chi connectivity index (χ1) is 7.13. The number of benzene rings is 1. The summed E-state index contributed by atoms with van der Waals surface area (Å²) in [6, 6.07) is 8.24. The van der Waals surface area contributed by atoms with Gasteiger partial charge in [0.15, 0.2) is 0 Å². The maximum Gasteiger partial charge on any atom is 0.306 e. The molecular weight excluding hydrogens is 188 g/mol. The van der Waals surface area contributed by atoms with Gasteiger partial charge in [-0.05, 0) is 25.3 Å². The summed E-state index contributed by atoms with van der Waals surface area (Å²) in [6.45, 7) is 6.39. The Morgan fingerprint density at radius 1 is 1.47 bits per heavy atom. The fourth-order valence-electron chi connectivity index (χ4n) is 1.56. The van der Waals surface area contributed by atoms with E-state index in [0.29, 0.717) is 13.0 Å². The molecule has 0 bridgehead atoms. The molecule has 1 rings (SSSR count). The molecule has 0 fully saturated rings. The van der Waals surface area contributed by atoms with Crippen molar-refractivity contribution >= 4 is 5.97 Å². The summed E-state index contributed by atoms with van der Waals surface area (Å²) in [5.74, 6) is 0.107. The molecule has 0 saturated carbocycles. The molecule has 0 aromatic heterocycles. The second-order valence-electron chi connectivity index (χ2n) is 3.82. The average molecular weight is 206 g/mol. The van der Waals surface area contributed by atoms with Gasteiger partial charge in [0, 0.05) is 0 Å². The summed E-state index contributed by atoms with van der Waals surface area (Å²) in [6.07, 6.45) is 0.456. The number of aryl methyl sites for hydroxylation is 1. The molecule has 1 atom stereocenters. The van der Waals surface area contributed by atoms with Crippen LogP contribution in [-0.2, 0) is 9.53 Å². The Balaban J connectivity index is 2.60. The summed E-state index contributed by atoms with van der Waals surface area (Å²) >= 11 is 0. The Morgan fingerprint density at radius 2 is 2.20 bits per heavy atom. The third-order valence-corrected chi connectivity index (χ3v) is 2.39. The fraction of sp³-hybridized carbons (Fsp3) is 0.462. The first-order valence-electron chi connectivity index (χ1n) is 5.35. The highest BCUT2D eigenvalue weighted by molar-refractivity contribution is 5.70. The van der Waals surface area contributed by atoms with Crippen LogP contribution in [-0.4, -0.2) is 12.6 Å². The maximum atomic E-state index is 11.3. The molecule has 2 nitrogen and oxygen atoms in total. The van der Waals surface area contributed by atoms with Crippen LogP contribution in [0.1, 0.15) is 37.3 Å². The highest BCUT2D eigenvalue weighted by Gasteiger charge is 2.11. The zero-order chi connectivity index (χ0) is 11.3. The normalized spacial score (nSPS) is 12.2. The van der Waals surface area contributed by atoms with E-state index >= 15 is 0 Å². The van der Waals surface area contributed by atoms with Crippen molar-refractivity contribution < 1.29 is 9.53 Å². The molecule has 1 aromatic carbocycles. The van der Waals surface area contributed by atoms with Crippen LogP contribution in [0.4, 0.5) is 0 Å². The predicted molar refractivity (Wildman–Crippen MR) is 60.8 cm³/mol. The molecule has 0 saturated heterocycles. The first kappa shape index (κ1) is 11.8. The number of esters is 1. The van der Waals surface area contributed by atoms with Crippen LogP contribution < -0.4 is 0 Å². The van der Waals surface area contributed by atoms with Crippen molar-refractivity contribution in [3.05, 3.63) is 35.4 Å². The number of hydrogen-bond donors (Lipinski definition) is 0. The van der Waals surface area contributed by atoms with E-state index in [-0.39, 0.29) is 11.9 Å². The number of carbonyl (C=O) groups excluding carboxylic acids is 1. The Bertz CT molecular complexity index is 331.